The van der Waals surface area contributed by atoms with E-state index >= 15 is 0 Å². The monoisotopic (exact) mass is 260 g/mol. The van der Waals surface area contributed by atoms with Gasteiger partial charge in [-0.05, 0) is 12.3 Å². The zero-order valence-corrected chi connectivity index (χ0v) is 10.2. The fourth-order valence-corrected chi connectivity index (χ4v) is 1.73. The molecule has 1 aromatic heterocycles. The second kappa shape index (κ2) is 5.39. The van der Waals surface area contributed by atoms with Crippen LogP contribution in [-0.4, -0.2) is 27.5 Å². The summed E-state index contributed by atoms with van der Waals surface area (Å²) in [6.45, 7) is 0. The van der Waals surface area contributed by atoms with Crippen LogP contribution in [0.1, 0.15) is 0 Å². The van der Waals surface area contributed by atoms with E-state index in [1.165, 1.54) is 17.8 Å². The van der Waals surface area contributed by atoms with Gasteiger partial charge in [-0.15, -0.1) is 10.2 Å². The number of hydrogen-bond donors (Lipinski definition) is 1. The maximum absolute atomic E-state index is 11.8. The summed E-state index contributed by atoms with van der Waals surface area (Å²) >= 11 is 1.29. The summed E-state index contributed by atoms with van der Waals surface area (Å²) in [6, 6.07) is 6.68. The second-order valence-electron chi connectivity index (χ2n) is 3.23. The van der Waals surface area contributed by atoms with Crippen molar-refractivity contribution in [2.45, 2.75) is 5.16 Å². The number of para-hydroxylation sites is 1. The molecule has 0 saturated heterocycles. The van der Waals surface area contributed by atoms with Crippen molar-refractivity contribution in [2.75, 3.05) is 6.26 Å². The molecule has 0 fully saturated rings. The molecule has 1 heterocycles. The van der Waals surface area contributed by atoms with Gasteiger partial charge in [0.2, 0.25) is 6.08 Å². The molecule has 2 rings (SSSR count). The average molecular weight is 260 g/mol. The highest BCUT2D eigenvalue weighted by Crippen LogP contribution is 2.25. The van der Waals surface area contributed by atoms with Gasteiger partial charge in [-0.2, -0.15) is 4.99 Å². The third-order valence-corrected chi connectivity index (χ3v) is 2.77. The van der Waals surface area contributed by atoms with Crippen molar-refractivity contribution in [1.29, 1.82) is 0 Å². The number of benzene rings is 1. The molecule has 0 spiro atoms. The molecule has 0 aliphatic heterocycles. The summed E-state index contributed by atoms with van der Waals surface area (Å²) in [6.07, 6.45) is 3.23. The molecular formula is C11H8N4O2S. The SMILES string of the molecule is CSc1nnc(-c2ccccc2N=C=O)c(=O)[nH]1. The molecule has 6 nitrogen and oxygen atoms in total. The van der Waals surface area contributed by atoms with Gasteiger partial charge in [-0.1, -0.05) is 30.0 Å². The normalized spacial score (nSPS) is 9.83. The van der Waals surface area contributed by atoms with Gasteiger partial charge in [0.25, 0.3) is 5.56 Å². The Morgan fingerprint density at radius 3 is 2.78 bits per heavy atom. The minimum Gasteiger partial charge on any atom is -0.298 e. The van der Waals surface area contributed by atoms with Crippen LogP contribution >= 0.6 is 11.8 Å². The van der Waals surface area contributed by atoms with Crippen LogP contribution in [0, 0.1) is 0 Å². The van der Waals surface area contributed by atoms with E-state index in [1.807, 2.05) is 0 Å². The van der Waals surface area contributed by atoms with Crippen molar-refractivity contribution in [1.82, 2.24) is 15.2 Å². The minimum absolute atomic E-state index is 0.127. The Kier molecular flexibility index (Phi) is 3.66. The number of hydrogen-bond acceptors (Lipinski definition) is 6. The molecule has 0 saturated carbocycles. The molecule has 0 unspecified atom stereocenters. The first-order chi connectivity index (χ1) is 8.76. The molecule has 2 aromatic rings. The molecule has 7 heteroatoms. The number of aliphatic imine (C=N–C) groups is 1. The van der Waals surface area contributed by atoms with E-state index in [0.29, 0.717) is 16.4 Å². The molecule has 0 amide bonds. The van der Waals surface area contributed by atoms with Gasteiger partial charge in [0.15, 0.2) is 10.9 Å². The molecule has 1 aromatic carbocycles. The van der Waals surface area contributed by atoms with E-state index < -0.39 is 0 Å². The molecule has 0 aliphatic carbocycles. The van der Waals surface area contributed by atoms with Gasteiger partial charge in [0.1, 0.15) is 0 Å². The first-order valence-electron chi connectivity index (χ1n) is 4.94. The van der Waals surface area contributed by atoms with E-state index in [-0.39, 0.29) is 11.3 Å². The molecule has 0 radical (unpaired) electrons. The summed E-state index contributed by atoms with van der Waals surface area (Å²) in [5, 5.41) is 8.14. The summed E-state index contributed by atoms with van der Waals surface area (Å²) in [4.78, 5) is 28.3. The first-order valence-corrected chi connectivity index (χ1v) is 6.17. The number of nitrogens with one attached hydrogen (secondary N) is 1. The molecule has 0 bridgehead atoms. The second-order valence-corrected chi connectivity index (χ2v) is 4.03. The molecule has 0 atom stereocenters. The minimum atomic E-state index is -0.372. The van der Waals surface area contributed by atoms with Crippen LogP contribution in [0.5, 0.6) is 0 Å². The van der Waals surface area contributed by atoms with E-state index in [2.05, 4.69) is 20.2 Å². The van der Waals surface area contributed by atoms with Crippen LogP contribution in [0.15, 0.2) is 39.2 Å². The van der Waals surface area contributed by atoms with Gasteiger partial charge in [-0.3, -0.25) is 9.78 Å². The third kappa shape index (κ3) is 2.37. The van der Waals surface area contributed by atoms with Crippen molar-refractivity contribution in [3.8, 4) is 11.3 Å². The van der Waals surface area contributed by atoms with Crippen molar-refractivity contribution >= 4 is 23.5 Å². The number of aromatic amines is 1. The lowest BCUT2D eigenvalue weighted by molar-refractivity contribution is 0.565. The smallest absolute Gasteiger partial charge is 0.278 e. The predicted octanol–water partition coefficient (Wildman–Crippen LogP) is 1.52. The molecule has 18 heavy (non-hydrogen) atoms. The lowest BCUT2D eigenvalue weighted by atomic mass is 10.1. The predicted molar refractivity (Wildman–Crippen MR) is 67.7 cm³/mol. The Hall–Kier alpha value is -2.24. The Balaban J connectivity index is 2.62. The topological polar surface area (TPSA) is 88.1 Å². The number of thioether (sulfide) groups is 1. The van der Waals surface area contributed by atoms with Gasteiger partial charge in [0, 0.05) is 5.56 Å². The van der Waals surface area contributed by atoms with Gasteiger partial charge < -0.3 is 0 Å². The molecule has 90 valence electrons. The van der Waals surface area contributed by atoms with Gasteiger partial charge >= 0.3 is 0 Å². The van der Waals surface area contributed by atoms with E-state index in [0.717, 1.165) is 0 Å². The van der Waals surface area contributed by atoms with Crippen molar-refractivity contribution < 1.29 is 4.79 Å². The van der Waals surface area contributed by atoms with Crippen molar-refractivity contribution in [2.24, 2.45) is 4.99 Å². The number of rotatable bonds is 3. The average Bonchev–Trinajstić information content (AvgIpc) is 2.40. The largest absolute Gasteiger partial charge is 0.298 e. The zero-order valence-electron chi connectivity index (χ0n) is 9.38. The fraction of sp³-hybridized carbons (Fsp3) is 0.0909. The van der Waals surface area contributed by atoms with Crippen LogP contribution in [0.4, 0.5) is 5.69 Å². The standard InChI is InChI=1S/C11H8N4O2S/c1-18-11-13-10(17)9(14-15-11)7-4-2-3-5-8(7)12-6-16/h2-5H,1H3,(H,13,15,17). The van der Waals surface area contributed by atoms with Crippen LogP contribution < -0.4 is 5.56 Å². The summed E-state index contributed by atoms with van der Waals surface area (Å²) in [7, 11) is 0. The highest BCUT2D eigenvalue weighted by Gasteiger charge is 2.11. The summed E-state index contributed by atoms with van der Waals surface area (Å²) in [5.41, 5.74) is 0.539. The third-order valence-electron chi connectivity index (χ3n) is 2.19. The zero-order chi connectivity index (χ0) is 13.0. The number of H-pyrrole nitrogens is 1. The quantitative estimate of drug-likeness (QED) is 0.513. The van der Waals surface area contributed by atoms with E-state index in [4.69, 9.17) is 0 Å². The van der Waals surface area contributed by atoms with Crippen molar-refractivity contribution in [3.63, 3.8) is 0 Å². The molecule has 0 aliphatic rings. The maximum atomic E-state index is 11.8. The van der Waals surface area contributed by atoms with E-state index in [9.17, 15) is 9.59 Å². The van der Waals surface area contributed by atoms with Gasteiger partial charge in [-0.25, -0.2) is 4.79 Å². The Bertz CT molecular complexity index is 677. The summed E-state index contributed by atoms with van der Waals surface area (Å²) < 4.78 is 0. The molecular weight excluding hydrogens is 252 g/mol. The Morgan fingerprint density at radius 1 is 1.33 bits per heavy atom. The maximum Gasteiger partial charge on any atom is 0.278 e. The van der Waals surface area contributed by atoms with Crippen LogP contribution in [0.25, 0.3) is 11.3 Å². The summed E-state index contributed by atoms with van der Waals surface area (Å²) in [5.74, 6) is 0. The number of aromatic nitrogens is 3. The lowest BCUT2D eigenvalue weighted by Gasteiger charge is -2.02. The number of carbonyl (C=O) groups excluding carboxylic acids is 1. The lowest BCUT2D eigenvalue weighted by Crippen LogP contribution is -2.13. The van der Waals surface area contributed by atoms with Crippen LogP contribution in [0.2, 0.25) is 0 Å². The highest BCUT2D eigenvalue weighted by molar-refractivity contribution is 7.98. The Morgan fingerprint density at radius 2 is 2.11 bits per heavy atom. The van der Waals surface area contributed by atoms with E-state index in [1.54, 1.807) is 30.5 Å². The van der Waals surface area contributed by atoms with Crippen LogP contribution in [-0.2, 0) is 4.79 Å². The first kappa shape index (κ1) is 12.2. The fourth-order valence-electron chi connectivity index (χ4n) is 1.41. The number of nitrogens with zero attached hydrogens (tertiary/aromatic N) is 3. The van der Waals surface area contributed by atoms with Crippen molar-refractivity contribution in [3.05, 3.63) is 34.6 Å². The molecule has 1 N–H and O–H groups in total. The Labute approximate surface area is 106 Å². The van der Waals surface area contributed by atoms with Gasteiger partial charge in [0.05, 0.1) is 5.69 Å². The highest BCUT2D eigenvalue weighted by atomic mass is 32.2. The van der Waals surface area contributed by atoms with Crippen LogP contribution in [0.3, 0.4) is 0 Å². The number of isocyanates is 1.